The molecule has 0 radical (unpaired) electrons. The van der Waals surface area contributed by atoms with Crippen LogP contribution >= 0.6 is 0 Å². The molecule has 2 aromatic rings. The molecule has 0 spiro atoms. The largest absolute Gasteiger partial charge is 0.394 e. The van der Waals surface area contributed by atoms with Crippen LogP contribution in [0.5, 0.6) is 0 Å². The van der Waals surface area contributed by atoms with Crippen molar-refractivity contribution in [2.75, 3.05) is 37.7 Å². The Morgan fingerprint density at radius 1 is 1.21 bits per heavy atom. The molecule has 2 aromatic heterocycles. The Balaban J connectivity index is 1.30. The van der Waals surface area contributed by atoms with Crippen molar-refractivity contribution in [1.82, 2.24) is 30.2 Å². The van der Waals surface area contributed by atoms with E-state index in [-0.39, 0.29) is 11.9 Å². The van der Waals surface area contributed by atoms with Crippen LogP contribution in [-0.4, -0.2) is 97.9 Å². The maximum absolute atomic E-state index is 12.4. The first-order valence-electron chi connectivity index (χ1n) is 11.6. The molecule has 12 heteroatoms. The molecule has 0 saturated carbocycles. The number of imidazole rings is 1. The minimum Gasteiger partial charge on any atom is -0.394 e. The molecule has 5 rings (SSSR count). The lowest BCUT2D eigenvalue weighted by molar-refractivity contribution is -0.123. The third kappa shape index (κ3) is 4.28. The normalized spacial score (nSPS) is 32.5. The van der Waals surface area contributed by atoms with Gasteiger partial charge in [-0.3, -0.25) is 9.36 Å². The summed E-state index contributed by atoms with van der Waals surface area (Å²) in [5.74, 6) is 1.07. The average molecular weight is 462 g/mol. The number of aliphatic hydroxyl groups excluding tert-OH is 3. The molecule has 2 unspecified atom stereocenters. The summed E-state index contributed by atoms with van der Waals surface area (Å²) in [5, 5.41) is 36.2. The molecule has 5 heterocycles. The molecule has 0 bridgehead atoms. The van der Waals surface area contributed by atoms with Gasteiger partial charge in [0.1, 0.15) is 24.6 Å². The Morgan fingerprint density at radius 2 is 2.09 bits per heavy atom. The van der Waals surface area contributed by atoms with Gasteiger partial charge in [-0.1, -0.05) is 0 Å². The first kappa shape index (κ1) is 22.4. The van der Waals surface area contributed by atoms with Crippen molar-refractivity contribution in [3.63, 3.8) is 0 Å². The lowest BCUT2D eigenvalue weighted by Gasteiger charge is -2.33. The van der Waals surface area contributed by atoms with Crippen LogP contribution in [0.3, 0.4) is 0 Å². The number of nitrogens with one attached hydrogen (secondary N) is 2. The molecule has 0 aromatic carbocycles. The van der Waals surface area contributed by atoms with Crippen molar-refractivity contribution >= 4 is 22.9 Å². The third-order valence-corrected chi connectivity index (χ3v) is 6.89. The summed E-state index contributed by atoms with van der Waals surface area (Å²) in [5.41, 5.74) is 1.06. The number of aromatic nitrogens is 4. The van der Waals surface area contributed by atoms with Crippen LogP contribution in [0, 0.1) is 5.92 Å². The zero-order valence-corrected chi connectivity index (χ0v) is 18.4. The fourth-order valence-corrected chi connectivity index (χ4v) is 5.07. The first-order chi connectivity index (χ1) is 16.1. The summed E-state index contributed by atoms with van der Waals surface area (Å²) >= 11 is 0. The van der Waals surface area contributed by atoms with Crippen LogP contribution in [0.1, 0.15) is 31.9 Å². The van der Waals surface area contributed by atoms with Crippen LogP contribution in [0.2, 0.25) is 0 Å². The Hall–Kier alpha value is -2.38. The monoisotopic (exact) mass is 461 g/mol. The van der Waals surface area contributed by atoms with E-state index in [1.54, 1.807) is 4.57 Å². The van der Waals surface area contributed by atoms with E-state index in [4.69, 9.17) is 4.74 Å². The predicted molar refractivity (Wildman–Crippen MR) is 117 cm³/mol. The number of aliphatic hydroxyl groups is 3. The van der Waals surface area contributed by atoms with E-state index >= 15 is 0 Å². The van der Waals surface area contributed by atoms with Gasteiger partial charge in [0, 0.05) is 19.6 Å². The Bertz CT molecular complexity index is 981. The molecule has 3 saturated heterocycles. The minimum atomic E-state index is -1.21. The topological polar surface area (TPSA) is 158 Å². The predicted octanol–water partition coefficient (Wildman–Crippen LogP) is -1.48. The van der Waals surface area contributed by atoms with E-state index in [2.05, 4.69) is 30.5 Å². The molecule has 3 aliphatic heterocycles. The number of carbonyl (C=O) groups excluding carboxylic acids is 1. The van der Waals surface area contributed by atoms with Gasteiger partial charge < -0.3 is 35.6 Å². The summed E-state index contributed by atoms with van der Waals surface area (Å²) < 4.78 is 7.21. The summed E-state index contributed by atoms with van der Waals surface area (Å²) in [7, 11) is 0. The zero-order valence-electron chi connectivity index (χ0n) is 18.4. The van der Waals surface area contributed by atoms with Gasteiger partial charge in [-0.15, -0.1) is 0 Å². The minimum absolute atomic E-state index is 0.0753. The van der Waals surface area contributed by atoms with Crippen LogP contribution in [0.4, 0.5) is 5.82 Å². The SMILES string of the molecule is O=C(NCC1CCCN(c2ncnc3c2ncn3[C@@H]2O[C@H](CO)[C@@H](O)[C@H]2O)C1)C1CCCN1. The summed E-state index contributed by atoms with van der Waals surface area (Å²) in [6.07, 6.45) is 2.71. The van der Waals surface area contributed by atoms with Crippen molar-refractivity contribution in [2.24, 2.45) is 5.92 Å². The second kappa shape index (κ2) is 9.47. The van der Waals surface area contributed by atoms with Crippen LogP contribution in [0.15, 0.2) is 12.7 Å². The summed E-state index contributed by atoms with van der Waals surface area (Å²) in [4.78, 5) is 27.8. The standard InChI is InChI=1S/C21H31N7O5/c29-9-14-16(30)17(31)21(33-14)28-11-26-15-18(24-10-25-19(15)28)27-6-2-3-12(8-27)7-23-20(32)13-4-1-5-22-13/h10-14,16-17,21-22,29-31H,1-9H2,(H,23,32)/t12?,13?,14-,16-,17-,21-/m1/s1. The molecular formula is C21H31N7O5. The van der Waals surface area contributed by atoms with E-state index in [1.165, 1.54) is 12.7 Å². The highest BCUT2D eigenvalue weighted by Gasteiger charge is 2.44. The smallest absolute Gasteiger partial charge is 0.237 e. The molecule has 33 heavy (non-hydrogen) atoms. The molecule has 1 amide bonds. The van der Waals surface area contributed by atoms with Gasteiger partial charge in [0.05, 0.1) is 19.0 Å². The van der Waals surface area contributed by atoms with Crippen molar-refractivity contribution in [1.29, 1.82) is 0 Å². The van der Waals surface area contributed by atoms with Crippen molar-refractivity contribution in [3.8, 4) is 0 Å². The second-order valence-corrected chi connectivity index (χ2v) is 9.10. The van der Waals surface area contributed by atoms with Gasteiger partial charge in [0.15, 0.2) is 23.2 Å². The van der Waals surface area contributed by atoms with E-state index in [9.17, 15) is 20.1 Å². The van der Waals surface area contributed by atoms with Crippen molar-refractivity contribution in [2.45, 2.75) is 56.3 Å². The maximum atomic E-state index is 12.4. The fraction of sp³-hybridized carbons (Fsp3) is 0.714. The number of amides is 1. The number of carbonyl (C=O) groups is 1. The maximum Gasteiger partial charge on any atom is 0.237 e. The van der Waals surface area contributed by atoms with Gasteiger partial charge in [0.25, 0.3) is 0 Å². The lowest BCUT2D eigenvalue weighted by Crippen LogP contribution is -2.45. The molecule has 0 aliphatic carbocycles. The molecule has 5 N–H and O–H groups in total. The van der Waals surface area contributed by atoms with Gasteiger partial charge >= 0.3 is 0 Å². The molecule has 6 atom stereocenters. The third-order valence-electron chi connectivity index (χ3n) is 6.89. The highest BCUT2D eigenvalue weighted by atomic mass is 16.6. The van der Waals surface area contributed by atoms with Gasteiger partial charge in [-0.05, 0) is 38.1 Å². The van der Waals surface area contributed by atoms with E-state index in [0.29, 0.717) is 29.4 Å². The number of hydrogen-bond donors (Lipinski definition) is 5. The van der Waals surface area contributed by atoms with Crippen molar-refractivity contribution in [3.05, 3.63) is 12.7 Å². The molecule has 3 aliphatic rings. The fourth-order valence-electron chi connectivity index (χ4n) is 5.07. The van der Waals surface area contributed by atoms with E-state index in [1.807, 2.05) is 0 Å². The highest BCUT2D eigenvalue weighted by Crippen LogP contribution is 2.33. The Kier molecular flexibility index (Phi) is 6.43. The van der Waals surface area contributed by atoms with Gasteiger partial charge in [0.2, 0.25) is 5.91 Å². The van der Waals surface area contributed by atoms with Crippen LogP contribution in [0.25, 0.3) is 11.2 Å². The number of piperidine rings is 1. The van der Waals surface area contributed by atoms with E-state index < -0.39 is 31.1 Å². The zero-order chi connectivity index (χ0) is 22.9. The number of anilines is 1. The molecular weight excluding hydrogens is 430 g/mol. The number of rotatable bonds is 6. The average Bonchev–Trinajstić information content (AvgIpc) is 3.58. The second-order valence-electron chi connectivity index (χ2n) is 9.10. The van der Waals surface area contributed by atoms with Gasteiger partial charge in [-0.2, -0.15) is 0 Å². The number of ether oxygens (including phenoxy) is 1. The summed E-state index contributed by atoms with van der Waals surface area (Å²) in [6.45, 7) is 2.68. The quantitative estimate of drug-likeness (QED) is 0.344. The molecule has 3 fully saturated rings. The summed E-state index contributed by atoms with van der Waals surface area (Å²) in [6, 6.07) is -0.0766. The molecule has 180 valence electrons. The van der Waals surface area contributed by atoms with Gasteiger partial charge in [-0.25, -0.2) is 15.0 Å². The highest BCUT2D eigenvalue weighted by molar-refractivity contribution is 5.83. The van der Waals surface area contributed by atoms with Crippen LogP contribution < -0.4 is 15.5 Å². The van der Waals surface area contributed by atoms with E-state index in [0.717, 1.165) is 45.3 Å². The number of nitrogens with zero attached hydrogens (tertiary/aromatic N) is 5. The molecule has 12 nitrogen and oxygen atoms in total. The Morgan fingerprint density at radius 3 is 2.85 bits per heavy atom. The van der Waals surface area contributed by atoms with Crippen molar-refractivity contribution < 1.29 is 24.9 Å². The number of hydrogen-bond acceptors (Lipinski definition) is 10. The first-order valence-corrected chi connectivity index (χ1v) is 11.6. The lowest BCUT2D eigenvalue weighted by atomic mass is 9.97. The van der Waals surface area contributed by atoms with Crippen LogP contribution in [-0.2, 0) is 9.53 Å². The number of fused-ring (bicyclic) bond motifs is 1. The Labute approximate surface area is 191 Å².